The Morgan fingerprint density at radius 3 is 0.696 bits per heavy atom. The molecule has 0 aromatic carbocycles. The van der Waals surface area contributed by atoms with Gasteiger partial charge in [0.25, 0.3) is 0 Å². The number of esters is 4. The van der Waals surface area contributed by atoms with Gasteiger partial charge in [0.1, 0.15) is 19.3 Å². The van der Waals surface area contributed by atoms with Gasteiger partial charge in [-0.15, -0.1) is 0 Å². The van der Waals surface area contributed by atoms with Crippen molar-refractivity contribution in [2.24, 2.45) is 23.7 Å². The van der Waals surface area contributed by atoms with E-state index in [1.54, 1.807) is 0 Å². The Balaban J connectivity index is 5.25. The quantitative estimate of drug-likeness (QED) is 0.0222. The number of rotatable bonds is 80. The summed E-state index contributed by atoms with van der Waals surface area (Å²) in [6.07, 6.45) is 59.6. The highest BCUT2D eigenvalue weighted by Crippen LogP contribution is 2.45. The molecule has 3 unspecified atom stereocenters. The molecule has 0 rings (SSSR count). The summed E-state index contributed by atoms with van der Waals surface area (Å²) >= 11 is 0. The Kier molecular flexibility index (Phi) is 70.6. The summed E-state index contributed by atoms with van der Waals surface area (Å²) in [4.78, 5) is 73.1. The van der Waals surface area contributed by atoms with E-state index in [4.69, 9.17) is 37.0 Å². The van der Waals surface area contributed by atoms with Crippen LogP contribution < -0.4 is 0 Å². The molecular formula is C83H162O17P2. The van der Waals surface area contributed by atoms with Crippen molar-refractivity contribution in [1.29, 1.82) is 0 Å². The van der Waals surface area contributed by atoms with Gasteiger partial charge in [-0.05, 0) is 49.4 Å². The zero-order valence-corrected chi connectivity index (χ0v) is 69.0. The minimum atomic E-state index is -4.96. The number of ether oxygens (including phenoxy) is 4. The summed E-state index contributed by atoms with van der Waals surface area (Å²) in [5.74, 6) is 1.04. The zero-order chi connectivity index (χ0) is 75.3. The molecule has 19 heteroatoms. The van der Waals surface area contributed by atoms with Gasteiger partial charge in [0, 0.05) is 25.7 Å². The molecule has 3 N–H and O–H groups in total. The fourth-order valence-electron chi connectivity index (χ4n) is 12.8. The first-order chi connectivity index (χ1) is 49.1. The van der Waals surface area contributed by atoms with Crippen molar-refractivity contribution in [3.8, 4) is 0 Å². The van der Waals surface area contributed by atoms with E-state index in [0.717, 1.165) is 114 Å². The number of aliphatic hydroxyl groups excluding tert-OH is 1. The molecule has 17 nitrogen and oxygen atoms in total. The highest BCUT2D eigenvalue weighted by atomic mass is 31.2. The van der Waals surface area contributed by atoms with E-state index in [-0.39, 0.29) is 25.7 Å². The van der Waals surface area contributed by atoms with E-state index in [2.05, 4.69) is 55.4 Å². The molecule has 0 aromatic heterocycles. The molecule has 0 aliphatic rings. The van der Waals surface area contributed by atoms with Crippen LogP contribution in [-0.2, 0) is 65.4 Å². The Bertz CT molecular complexity index is 1990. The van der Waals surface area contributed by atoms with Gasteiger partial charge in [0.2, 0.25) is 0 Å². The summed E-state index contributed by atoms with van der Waals surface area (Å²) < 4.78 is 68.8. The number of hydrogen-bond donors (Lipinski definition) is 3. The van der Waals surface area contributed by atoms with Crippen LogP contribution in [0.15, 0.2) is 0 Å². The van der Waals surface area contributed by atoms with Crippen LogP contribution in [0, 0.1) is 23.7 Å². The number of aliphatic hydroxyl groups is 1. The van der Waals surface area contributed by atoms with E-state index in [1.807, 2.05) is 0 Å². The lowest BCUT2D eigenvalue weighted by Gasteiger charge is -2.21. The molecule has 0 radical (unpaired) electrons. The highest BCUT2D eigenvalue weighted by molar-refractivity contribution is 7.47. The molecule has 0 aliphatic heterocycles. The van der Waals surface area contributed by atoms with Crippen LogP contribution >= 0.6 is 15.6 Å². The smallest absolute Gasteiger partial charge is 0.462 e. The van der Waals surface area contributed by atoms with Crippen LogP contribution in [0.3, 0.4) is 0 Å². The molecule has 6 atom stereocenters. The molecule has 0 saturated carbocycles. The molecular weight excluding hydrogens is 1330 g/mol. The molecule has 0 heterocycles. The molecule has 102 heavy (non-hydrogen) atoms. The van der Waals surface area contributed by atoms with Gasteiger partial charge in [-0.2, -0.15) is 0 Å². The third-order valence-electron chi connectivity index (χ3n) is 19.7. The average molecular weight is 1490 g/mol. The molecule has 606 valence electrons. The summed E-state index contributed by atoms with van der Waals surface area (Å²) in [5.41, 5.74) is 0. The molecule has 0 aromatic rings. The SMILES string of the molecule is CCC(C)CCCCCCCCCCCCC(=O)O[C@H](COC(=O)CCCCCCCCCCCC(C)C)COP(=O)(O)OC[C@H](O)COP(=O)(O)OC[C@@H](COC(=O)CCCCCCCCCCCCCCC(C)C)OC(=O)CCCCCCCCCCCCCCCCCCCCC(C)C. The van der Waals surface area contributed by atoms with Crippen molar-refractivity contribution < 1.29 is 80.2 Å². The fraction of sp³-hybridized carbons (Fsp3) is 0.952. The number of carbonyl (C=O) groups is 4. The predicted octanol–water partition coefficient (Wildman–Crippen LogP) is 24.8. The van der Waals surface area contributed by atoms with Gasteiger partial charge in [-0.3, -0.25) is 37.3 Å². The second kappa shape index (κ2) is 72.0. The first-order valence-corrected chi connectivity index (χ1v) is 45.7. The fourth-order valence-corrected chi connectivity index (χ4v) is 14.3. The standard InChI is InChI=1S/C83H162O17P2/c1-9-76(8)62-54-46-38-30-24-25-33-42-50-58-66-83(88)100-79(70-94-81(86)64-56-48-40-34-26-29-37-45-53-61-75(6)7)72-98-102(91,92)96-68-77(84)67-95-101(89,90)97-71-78(69-93-80(85)63-55-47-39-31-22-19-18-21-28-36-44-52-60-74(4)5)99-82(87)65-57-49-41-32-23-17-15-13-11-10-12-14-16-20-27-35-43-51-59-73(2)3/h73-79,84H,9-72H2,1-8H3,(H,89,90)(H,91,92)/t76?,77-,78-,79-/m1/s1. The number of phosphoric ester groups is 2. The minimum absolute atomic E-state index is 0.106. The van der Waals surface area contributed by atoms with Gasteiger partial charge < -0.3 is 33.8 Å². The molecule has 0 spiro atoms. The number of carbonyl (C=O) groups excluding carboxylic acids is 4. The van der Waals surface area contributed by atoms with Crippen LogP contribution in [0.2, 0.25) is 0 Å². The van der Waals surface area contributed by atoms with Crippen molar-refractivity contribution in [2.45, 2.75) is 446 Å². The number of hydrogen-bond acceptors (Lipinski definition) is 15. The lowest BCUT2D eigenvalue weighted by Crippen LogP contribution is -2.30. The maximum absolute atomic E-state index is 13.1. The molecule has 0 bridgehead atoms. The number of unbranched alkanes of at least 4 members (excludes halogenated alkanes) is 45. The van der Waals surface area contributed by atoms with E-state index >= 15 is 0 Å². The van der Waals surface area contributed by atoms with Crippen LogP contribution in [0.5, 0.6) is 0 Å². The van der Waals surface area contributed by atoms with E-state index in [9.17, 15) is 43.2 Å². The Morgan fingerprint density at radius 2 is 0.471 bits per heavy atom. The van der Waals surface area contributed by atoms with Crippen molar-refractivity contribution in [2.75, 3.05) is 39.6 Å². The second-order valence-electron chi connectivity index (χ2n) is 31.5. The summed E-state index contributed by atoms with van der Waals surface area (Å²) in [6, 6.07) is 0. The predicted molar refractivity (Wildman–Crippen MR) is 418 cm³/mol. The van der Waals surface area contributed by atoms with Crippen molar-refractivity contribution in [1.82, 2.24) is 0 Å². The monoisotopic (exact) mass is 1490 g/mol. The van der Waals surface area contributed by atoms with Crippen LogP contribution in [0.1, 0.15) is 428 Å². The molecule has 0 saturated heterocycles. The molecule has 0 amide bonds. The van der Waals surface area contributed by atoms with Crippen LogP contribution in [-0.4, -0.2) is 96.7 Å². The third kappa shape index (κ3) is 74.9. The Morgan fingerprint density at radius 1 is 0.275 bits per heavy atom. The summed E-state index contributed by atoms with van der Waals surface area (Å²) in [5, 5.41) is 10.7. The van der Waals surface area contributed by atoms with Crippen LogP contribution in [0.4, 0.5) is 0 Å². The maximum atomic E-state index is 13.1. The van der Waals surface area contributed by atoms with Crippen molar-refractivity contribution in [3.05, 3.63) is 0 Å². The topological polar surface area (TPSA) is 237 Å². The normalized spacial score (nSPS) is 14.3. The first kappa shape index (κ1) is 100. The van der Waals surface area contributed by atoms with E-state index < -0.39 is 97.5 Å². The van der Waals surface area contributed by atoms with E-state index in [0.29, 0.717) is 25.7 Å². The van der Waals surface area contributed by atoms with E-state index in [1.165, 1.54) is 231 Å². The lowest BCUT2D eigenvalue weighted by atomic mass is 9.99. The first-order valence-electron chi connectivity index (χ1n) is 42.7. The minimum Gasteiger partial charge on any atom is -0.462 e. The van der Waals surface area contributed by atoms with Gasteiger partial charge >= 0.3 is 39.5 Å². The number of phosphoric acid groups is 2. The van der Waals surface area contributed by atoms with Gasteiger partial charge in [-0.1, -0.05) is 376 Å². The van der Waals surface area contributed by atoms with Gasteiger partial charge in [0.05, 0.1) is 26.4 Å². The van der Waals surface area contributed by atoms with Crippen molar-refractivity contribution in [3.63, 3.8) is 0 Å². The Hall–Kier alpha value is -1.94. The highest BCUT2D eigenvalue weighted by Gasteiger charge is 2.30. The van der Waals surface area contributed by atoms with Crippen molar-refractivity contribution >= 4 is 39.5 Å². The second-order valence-corrected chi connectivity index (χ2v) is 34.4. The van der Waals surface area contributed by atoms with Gasteiger partial charge in [0.15, 0.2) is 12.2 Å². The lowest BCUT2D eigenvalue weighted by molar-refractivity contribution is -0.161. The molecule has 0 fully saturated rings. The van der Waals surface area contributed by atoms with Crippen LogP contribution in [0.25, 0.3) is 0 Å². The maximum Gasteiger partial charge on any atom is 0.472 e. The average Bonchev–Trinajstić information content (AvgIpc) is 0.914. The Labute approximate surface area is 626 Å². The summed E-state index contributed by atoms with van der Waals surface area (Å²) in [7, 11) is -9.93. The van der Waals surface area contributed by atoms with Gasteiger partial charge in [-0.25, -0.2) is 9.13 Å². The zero-order valence-electron chi connectivity index (χ0n) is 67.2. The molecule has 0 aliphatic carbocycles. The summed E-state index contributed by atoms with van der Waals surface area (Å²) in [6.45, 7) is 14.3. The largest absolute Gasteiger partial charge is 0.472 e. The third-order valence-corrected chi connectivity index (χ3v) is 21.6.